The maximum atomic E-state index is 12.0. The molecule has 1 aliphatic heterocycles. The van der Waals surface area contributed by atoms with Gasteiger partial charge in [-0.05, 0) is 41.5 Å². The predicted molar refractivity (Wildman–Crippen MR) is 103 cm³/mol. The summed E-state index contributed by atoms with van der Waals surface area (Å²) in [6, 6.07) is 10.1. The number of imide groups is 1. The van der Waals surface area contributed by atoms with Crippen LogP contribution >= 0.6 is 23.2 Å². The molecule has 0 unspecified atom stereocenters. The first-order valence-corrected chi connectivity index (χ1v) is 8.70. The third kappa shape index (κ3) is 4.18. The number of likely N-dealkylation sites (N-methyl/N-ethyl adjacent to an activating group) is 1. The van der Waals surface area contributed by atoms with E-state index in [4.69, 9.17) is 32.7 Å². The summed E-state index contributed by atoms with van der Waals surface area (Å²) in [6.07, 6.45) is 1.53. The molecule has 1 N–H and O–H groups in total. The molecule has 1 heterocycles. The van der Waals surface area contributed by atoms with Crippen LogP contribution in [0.5, 0.6) is 11.5 Å². The number of urea groups is 1. The van der Waals surface area contributed by atoms with Crippen LogP contribution in [0.2, 0.25) is 10.0 Å². The van der Waals surface area contributed by atoms with Gasteiger partial charge in [-0.1, -0.05) is 35.3 Å². The average Bonchev–Trinajstić information content (AvgIpc) is 2.88. The standard InChI is InChI=1S/C19H16Cl2N2O4/c1-23-18(24)15(22-19(23)25)8-12-7-14(21)17(16(9-12)26-2)27-10-11-3-5-13(20)6-4-11/h3-9H,10H2,1-2H3,(H,22,25)/b15-8+. The molecule has 6 nitrogen and oxygen atoms in total. The summed E-state index contributed by atoms with van der Waals surface area (Å²) in [7, 11) is 2.90. The second kappa shape index (κ2) is 7.90. The van der Waals surface area contributed by atoms with Gasteiger partial charge in [0.15, 0.2) is 11.5 Å². The van der Waals surface area contributed by atoms with Gasteiger partial charge in [-0.15, -0.1) is 0 Å². The third-order valence-corrected chi connectivity index (χ3v) is 4.47. The molecule has 0 atom stereocenters. The van der Waals surface area contributed by atoms with E-state index in [0.717, 1.165) is 10.5 Å². The lowest BCUT2D eigenvalue weighted by atomic mass is 10.1. The van der Waals surface area contributed by atoms with Gasteiger partial charge < -0.3 is 14.8 Å². The van der Waals surface area contributed by atoms with Crippen LogP contribution in [-0.2, 0) is 11.4 Å². The third-order valence-electron chi connectivity index (χ3n) is 3.94. The van der Waals surface area contributed by atoms with E-state index in [1.165, 1.54) is 20.2 Å². The minimum absolute atomic E-state index is 0.162. The van der Waals surface area contributed by atoms with E-state index < -0.39 is 11.9 Å². The van der Waals surface area contributed by atoms with E-state index in [1.54, 1.807) is 24.3 Å². The molecule has 1 aliphatic rings. The van der Waals surface area contributed by atoms with Crippen molar-refractivity contribution in [3.8, 4) is 11.5 Å². The molecule has 8 heteroatoms. The van der Waals surface area contributed by atoms with Crippen molar-refractivity contribution in [1.82, 2.24) is 10.2 Å². The zero-order chi connectivity index (χ0) is 19.6. The Morgan fingerprint density at radius 1 is 1.15 bits per heavy atom. The van der Waals surface area contributed by atoms with Crippen molar-refractivity contribution in [1.29, 1.82) is 0 Å². The molecular formula is C19H16Cl2N2O4. The van der Waals surface area contributed by atoms with Crippen LogP contribution in [0.15, 0.2) is 42.1 Å². The fourth-order valence-corrected chi connectivity index (χ4v) is 2.89. The Labute approximate surface area is 166 Å². The second-order valence-electron chi connectivity index (χ2n) is 5.80. The Hall–Kier alpha value is -2.70. The summed E-state index contributed by atoms with van der Waals surface area (Å²) >= 11 is 12.2. The van der Waals surface area contributed by atoms with E-state index in [2.05, 4.69) is 5.32 Å². The molecule has 0 radical (unpaired) electrons. The van der Waals surface area contributed by atoms with Crippen LogP contribution in [0.4, 0.5) is 4.79 Å². The molecule has 2 aromatic rings. The van der Waals surface area contributed by atoms with Gasteiger partial charge in [0.2, 0.25) is 0 Å². The van der Waals surface area contributed by atoms with Crippen LogP contribution in [-0.4, -0.2) is 31.0 Å². The fourth-order valence-electron chi connectivity index (χ4n) is 2.49. The van der Waals surface area contributed by atoms with Gasteiger partial charge in [-0.25, -0.2) is 4.79 Å². The van der Waals surface area contributed by atoms with E-state index in [1.807, 2.05) is 12.1 Å². The van der Waals surface area contributed by atoms with Crippen LogP contribution < -0.4 is 14.8 Å². The predicted octanol–water partition coefficient (Wildman–Crippen LogP) is 4.10. The number of benzene rings is 2. The lowest BCUT2D eigenvalue weighted by Crippen LogP contribution is -2.25. The lowest BCUT2D eigenvalue weighted by Gasteiger charge is -2.13. The molecule has 3 amide bonds. The lowest BCUT2D eigenvalue weighted by molar-refractivity contribution is -0.121. The molecule has 1 fully saturated rings. The SMILES string of the molecule is COc1cc(/C=C2/NC(=O)N(C)C2=O)cc(Cl)c1OCc1ccc(Cl)cc1. The minimum atomic E-state index is -0.479. The Kier molecular flexibility index (Phi) is 5.58. The summed E-state index contributed by atoms with van der Waals surface area (Å²) in [5.41, 5.74) is 1.68. The van der Waals surface area contributed by atoms with Crippen molar-refractivity contribution in [2.75, 3.05) is 14.2 Å². The number of nitrogens with one attached hydrogen (secondary N) is 1. The number of hydrogen-bond acceptors (Lipinski definition) is 4. The number of amides is 3. The van der Waals surface area contributed by atoms with Gasteiger partial charge in [-0.3, -0.25) is 9.69 Å². The first-order valence-electron chi connectivity index (χ1n) is 7.94. The molecule has 140 valence electrons. The Bertz CT molecular complexity index is 926. The van der Waals surface area contributed by atoms with E-state index in [-0.39, 0.29) is 12.3 Å². The molecule has 0 saturated carbocycles. The van der Waals surface area contributed by atoms with Gasteiger partial charge in [0.05, 0.1) is 12.1 Å². The number of hydrogen-bond donors (Lipinski definition) is 1. The summed E-state index contributed by atoms with van der Waals surface area (Å²) in [5.74, 6) is 0.377. The van der Waals surface area contributed by atoms with Crippen molar-refractivity contribution in [3.63, 3.8) is 0 Å². The van der Waals surface area contributed by atoms with Crippen molar-refractivity contribution >= 4 is 41.2 Å². The number of carbonyl (C=O) groups is 2. The monoisotopic (exact) mass is 406 g/mol. The Morgan fingerprint density at radius 3 is 2.44 bits per heavy atom. The molecule has 1 saturated heterocycles. The molecule has 0 bridgehead atoms. The summed E-state index contributed by atoms with van der Waals surface area (Å²) in [5, 5.41) is 3.46. The van der Waals surface area contributed by atoms with E-state index in [9.17, 15) is 9.59 Å². The van der Waals surface area contributed by atoms with Crippen LogP contribution in [0, 0.1) is 0 Å². The van der Waals surface area contributed by atoms with Crippen LogP contribution in [0.3, 0.4) is 0 Å². The second-order valence-corrected chi connectivity index (χ2v) is 6.65. The molecule has 0 aromatic heterocycles. The van der Waals surface area contributed by atoms with Crippen molar-refractivity contribution in [3.05, 3.63) is 63.3 Å². The zero-order valence-electron chi connectivity index (χ0n) is 14.6. The van der Waals surface area contributed by atoms with Gasteiger partial charge in [0.1, 0.15) is 12.3 Å². The normalized spacial score (nSPS) is 15.3. The highest BCUT2D eigenvalue weighted by atomic mass is 35.5. The Balaban J connectivity index is 1.84. The van der Waals surface area contributed by atoms with Gasteiger partial charge in [0, 0.05) is 12.1 Å². The number of ether oxygens (including phenoxy) is 2. The first-order chi connectivity index (χ1) is 12.9. The van der Waals surface area contributed by atoms with E-state index >= 15 is 0 Å². The van der Waals surface area contributed by atoms with Crippen LogP contribution in [0.25, 0.3) is 6.08 Å². The van der Waals surface area contributed by atoms with Gasteiger partial charge in [0.25, 0.3) is 5.91 Å². The topological polar surface area (TPSA) is 67.9 Å². The molecular weight excluding hydrogens is 391 g/mol. The average molecular weight is 407 g/mol. The highest BCUT2D eigenvalue weighted by molar-refractivity contribution is 6.32. The molecule has 2 aromatic carbocycles. The van der Waals surface area contributed by atoms with Gasteiger partial charge in [-0.2, -0.15) is 0 Å². The van der Waals surface area contributed by atoms with E-state index in [0.29, 0.717) is 27.1 Å². The molecule has 0 spiro atoms. The maximum absolute atomic E-state index is 12.0. The smallest absolute Gasteiger partial charge is 0.328 e. The summed E-state index contributed by atoms with van der Waals surface area (Å²) in [6.45, 7) is 0.285. The maximum Gasteiger partial charge on any atom is 0.328 e. The zero-order valence-corrected chi connectivity index (χ0v) is 16.1. The molecule has 3 rings (SSSR count). The molecule has 0 aliphatic carbocycles. The van der Waals surface area contributed by atoms with Crippen molar-refractivity contribution in [2.45, 2.75) is 6.61 Å². The summed E-state index contributed by atoms with van der Waals surface area (Å²) < 4.78 is 11.2. The quantitative estimate of drug-likeness (QED) is 0.599. The highest BCUT2D eigenvalue weighted by Gasteiger charge is 2.30. The Morgan fingerprint density at radius 2 is 1.85 bits per heavy atom. The number of halogens is 2. The minimum Gasteiger partial charge on any atom is -0.493 e. The van der Waals surface area contributed by atoms with Crippen molar-refractivity contribution in [2.24, 2.45) is 0 Å². The number of methoxy groups -OCH3 is 1. The first kappa shape index (κ1) is 19.1. The largest absolute Gasteiger partial charge is 0.493 e. The van der Waals surface area contributed by atoms with Crippen molar-refractivity contribution < 1.29 is 19.1 Å². The van der Waals surface area contributed by atoms with Gasteiger partial charge >= 0.3 is 6.03 Å². The van der Waals surface area contributed by atoms with Crippen LogP contribution in [0.1, 0.15) is 11.1 Å². The highest BCUT2D eigenvalue weighted by Crippen LogP contribution is 2.37. The summed E-state index contributed by atoms with van der Waals surface area (Å²) in [4.78, 5) is 24.5. The number of carbonyl (C=O) groups excluding carboxylic acids is 2. The molecule has 27 heavy (non-hydrogen) atoms. The number of rotatable bonds is 5. The fraction of sp³-hybridized carbons (Fsp3) is 0.158. The number of nitrogens with zero attached hydrogens (tertiary/aromatic N) is 1.